The lowest BCUT2D eigenvalue weighted by atomic mass is 9.93. The minimum atomic E-state index is -1.99. The molecule has 0 unspecified atom stereocenters. The van der Waals surface area contributed by atoms with Gasteiger partial charge in [-0.1, -0.05) is 26.0 Å². The van der Waals surface area contributed by atoms with Crippen LogP contribution in [0.5, 0.6) is 0 Å². The Labute approximate surface area is 177 Å². The molecule has 10 heteroatoms. The van der Waals surface area contributed by atoms with E-state index in [9.17, 15) is 19.2 Å². The first-order valence-electron chi connectivity index (χ1n) is 9.77. The first-order valence-corrected chi connectivity index (χ1v) is 9.77. The van der Waals surface area contributed by atoms with Gasteiger partial charge in [-0.2, -0.15) is 0 Å². The summed E-state index contributed by atoms with van der Waals surface area (Å²) in [7, 11) is 0. The third kappa shape index (κ3) is 10.2. The topological polar surface area (TPSA) is 163 Å². The van der Waals surface area contributed by atoms with Crippen LogP contribution in [0.4, 0.5) is 0 Å². The zero-order valence-electron chi connectivity index (χ0n) is 17.9. The molecule has 0 saturated carbocycles. The van der Waals surface area contributed by atoms with E-state index in [1.54, 1.807) is 13.8 Å². The lowest BCUT2D eigenvalue weighted by Gasteiger charge is -2.25. The Kier molecular flexibility index (Phi) is 13.0. The Bertz CT molecular complexity index is 601. The van der Waals surface area contributed by atoms with E-state index in [-0.39, 0.29) is 44.5 Å². The lowest BCUT2D eigenvalue weighted by molar-refractivity contribution is -0.165. The van der Waals surface area contributed by atoms with Crippen molar-refractivity contribution in [1.82, 2.24) is 10.6 Å². The molecular weight excluding hydrogens is 392 g/mol. The Morgan fingerprint density at radius 3 is 1.63 bits per heavy atom. The maximum Gasteiger partial charge on any atom is 0.337 e. The molecule has 170 valence electrons. The summed E-state index contributed by atoms with van der Waals surface area (Å²) in [6.07, 6.45) is 1.89. The highest BCUT2D eigenvalue weighted by Gasteiger charge is 2.44. The van der Waals surface area contributed by atoms with Gasteiger partial charge in [-0.3, -0.25) is 9.59 Å². The number of esters is 2. The Morgan fingerprint density at radius 1 is 0.833 bits per heavy atom. The fraction of sp³-hybridized carbons (Fsp3) is 0.600. The number of hydrogen-bond acceptors (Lipinski definition) is 8. The highest BCUT2D eigenvalue weighted by molar-refractivity contribution is 6.04. The van der Waals surface area contributed by atoms with Gasteiger partial charge in [-0.15, -0.1) is 0 Å². The number of ether oxygens (including phenoxy) is 2. The lowest BCUT2D eigenvalue weighted by Crippen LogP contribution is -2.57. The average Bonchev–Trinajstić information content (AvgIpc) is 2.70. The second-order valence-corrected chi connectivity index (χ2v) is 6.91. The molecule has 0 bridgehead atoms. The van der Waals surface area contributed by atoms with Crippen molar-refractivity contribution < 1.29 is 28.7 Å². The first-order chi connectivity index (χ1) is 14.1. The molecule has 2 amide bonds. The van der Waals surface area contributed by atoms with E-state index in [0.29, 0.717) is 30.5 Å². The van der Waals surface area contributed by atoms with Crippen LogP contribution in [0.1, 0.15) is 39.5 Å². The monoisotopic (exact) mass is 426 g/mol. The van der Waals surface area contributed by atoms with E-state index >= 15 is 0 Å². The standard InChI is InChI=1S/C20H34N4O6/c1-14(2)16(25)23-10-12-29-18(27)20(22,8-6-5-7-9-21)19(28)30-13-11-24-17(26)15(3)4/h1,3,5-13,21-22H2,2,4H3,(H,23,25)(H,24,26). The van der Waals surface area contributed by atoms with Gasteiger partial charge in [0.25, 0.3) is 0 Å². The molecule has 0 aliphatic rings. The van der Waals surface area contributed by atoms with Crippen LogP contribution >= 0.6 is 0 Å². The van der Waals surface area contributed by atoms with E-state index < -0.39 is 17.5 Å². The molecule has 0 atom stereocenters. The number of carbonyl (C=O) groups is 4. The third-order valence-corrected chi connectivity index (χ3v) is 4.02. The molecule has 0 aliphatic carbocycles. The van der Waals surface area contributed by atoms with Crippen molar-refractivity contribution in [3.05, 3.63) is 24.3 Å². The molecule has 0 aliphatic heterocycles. The molecule has 30 heavy (non-hydrogen) atoms. The molecule has 0 aromatic rings. The van der Waals surface area contributed by atoms with Crippen molar-refractivity contribution in [2.75, 3.05) is 32.8 Å². The van der Waals surface area contributed by atoms with E-state index in [1.165, 1.54) is 0 Å². The van der Waals surface area contributed by atoms with Crippen LogP contribution in [0.15, 0.2) is 24.3 Å². The molecule has 0 saturated heterocycles. The second kappa shape index (κ2) is 14.3. The van der Waals surface area contributed by atoms with Gasteiger partial charge in [0, 0.05) is 11.1 Å². The highest BCUT2D eigenvalue weighted by atomic mass is 16.6. The van der Waals surface area contributed by atoms with Crippen LogP contribution in [-0.2, 0) is 28.7 Å². The molecule has 0 rings (SSSR count). The van der Waals surface area contributed by atoms with Crippen molar-refractivity contribution in [2.24, 2.45) is 11.5 Å². The van der Waals surface area contributed by atoms with Crippen LogP contribution < -0.4 is 22.1 Å². The number of hydrogen-bond donors (Lipinski definition) is 4. The molecule has 0 heterocycles. The summed E-state index contributed by atoms with van der Waals surface area (Å²) >= 11 is 0. The van der Waals surface area contributed by atoms with Crippen LogP contribution in [0.2, 0.25) is 0 Å². The summed E-state index contributed by atoms with van der Waals surface area (Å²) < 4.78 is 10.2. The minimum absolute atomic E-state index is 0.0148. The Balaban J connectivity index is 4.78. The summed E-state index contributed by atoms with van der Waals surface area (Å²) in [6.45, 7) is 10.3. The van der Waals surface area contributed by atoms with Gasteiger partial charge in [0.1, 0.15) is 13.2 Å². The van der Waals surface area contributed by atoms with Crippen LogP contribution in [-0.4, -0.2) is 62.1 Å². The first kappa shape index (κ1) is 27.3. The van der Waals surface area contributed by atoms with Gasteiger partial charge in [0.15, 0.2) is 0 Å². The fourth-order valence-electron chi connectivity index (χ4n) is 2.19. The van der Waals surface area contributed by atoms with Gasteiger partial charge in [0.05, 0.1) is 13.1 Å². The number of nitrogens with one attached hydrogen (secondary N) is 2. The smallest absolute Gasteiger partial charge is 0.337 e. The molecule has 0 aromatic heterocycles. The molecule has 6 N–H and O–H groups in total. The third-order valence-electron chi connectivity index (χ3n) is 4.02. The summed E-state index contributed by atoms with van der Waals surface area (Å²) in [5, 5.41) is 5.01. The normalized spacial score (nSPS) is 10.7. The predicted molar refractivity (Wildman–Crippen MR) is 112 cm³/mol. The number of nitrogens with two attached hydrogens (primary N) is 2. The van der Waals surface area contributed by atoms with E-state index in [1.807, 2.05) is 0 Å². The van der Waals surface area contributed by atoms with Gasteiger partial charge in [-0.25, -0.2) is 9.59 Å². The van der Waals surface area contributed by atoms with Crippen molar-refractivity contribution in [3.63, 3.8) is 0 Å². The number of rotatable bonds is 15. The summed E-state index contributed by atoms with van der Waals surface area (Å²) in [5.74, 6) is -2.64. The van der Waals surface area contributed by atoms with Crippen LogP contribution in [0, 0.1) is 0 Å². The number of amides is 2. The largest absolute Gasteiger partial charge is 0.462 e. The molecule has 0 spiro atoms. The van der Waals surface area contributed by atoms with E-state index in [4.69, 9.17) is 20.9 Å². The maximum atomic E-state index is 12.5. The summed E-state index contributed by atoms with van der Waals surface area (Å²) in [4.78, 5) is 47.9. The predicted octanol–water partition coefficient (Wildman–Crippen LogP) is -0.326. The fourth-order valence-corrected chi connectivity index (χ4v) is 2.19. The van der Waals surface area contributed by atoms with Crippen LogP contribution in [0.3, 0.4) is 0 Å². The SMILES string of the molecule is C=C(C)C(=O)NCCOC(=O)C(N)(CCCCCN)C(=O)OCCNC(=O)C(=C)C. The minimum Gasteiger partial charge on any atom is -0.462 e. The highest BCUT2D eigenvalue weighted by Crippen LogP contribution is 2.17. The van der Waals surface area contributed by atoms with Crippen LogP contribution in [0.25, 0.3) is 0 Å². The zero-order chi connectivity index (χ0) is 23.2. The molecule has 0 radical (unpaired) electrons. The molecule has 0 aromatic carbocycles. The summed E-state index contributed by atoms with van der Waals surface area (Å²) in [6, 6.07) is 0. The number of carbonyl (C=O) groups excluding carboxylic acids is 4. The molecule has 0 fully saturated rings. The van der Waals surface area contributed by atoms with E-state index in [2.05, 4.69) is 23.8 Å². The van der Waals surface area contributed by atoms with Crippen molar-refractivity contribution in [3.8, 4) is 0 Å². The maximum absolute atomic E-state index is 12.5. The van der Waals surface area contributed by atoms with Gasteiger partial charge >= 0.3 is 11.9 Å². The quantitative estimate of drug-likeness (QED) is 0.120. The Hall–Kier alpha value is -2.72. The molecular formula is C20H34N4O6. The van der Waals surface area contributed by atoms with Gasteiger partial charge in [0.2, 0.25) is 17.4 Å². The van der Waals surface area contributed by atoms with Gasteiger partial charge < -0.3 is 31.6 Å². The van der Waals surface area contributed by atoms with Crippen molar-refractivity contribution >= 4 is 23.8 Å². The summed E-state index contributed by atoms with van der Waals surface area (Å²) in [5.41, 5.74) is 10.2. The zero-order valence-corrected chi connectivity index (χ0v) is 17.9. The van der Waals surface area contributed by atoms with Crippen molar-refractivity contribution in [1.29, 1.82) is 0 Å². The second-order valence-electron chi connectivity index (χ2n) is 6.91. The average molecular weight is 427 g/mol. The Morgan fingerprint density at radius 2 is 1.27 bits per heavy atom. The molecule has 10 nitrogen and oxygen atoms in total. The van der Waals surface area contributed by atoms with Crippen molar-refractivity contribution in [2.45, 2.75) is 45.1 Å². The van der Waals surface area contributed by atoms with E-state index in [0.717, 1.165) is 6.42 Å². The number of unbranched alkanes of at least 4 members (excludes halogenated alkanes) is 2. The van der Waals surface area contributed by atoms with Gasteiger partial charge in [-0.05, 0) is 33.2 Å².